The molecule has 0 saturated heterocycles. The quantitative estimate of drug-likeness (QED) is 0.386. The van der Waals surface area contributed by atoms with Crippen molar-refractivity contribution in [2.75, 3.05) is 0 Å². The minimum Gasteiger partial charge on any atom is -0.375 e. The lowest BCUT2D eigenvalue weighted by Crippen LogP contribution is -2.50. The van der Waals surface area contributed by atoms with Crippen LogP contribution >= 0.6 is 0 Å². The van der Waals surface area contributed by atoms with Crippen LogP contribution in [0.2, 0.25) is 0 Å². The van der Waals surface area contributed by atoms with E-state index in [1.54, 1.807) is 0 Å². The molecule has 0 amide bonds. The highest BCUT2D eigenvalue weighted by molar-refractivity contribution is 5.76. The van der Waals surface area contributed by atoms with Crippen molar-refractivity contribution in [3.05, 3.63) is 154 Å². The number of rotatable bonds is 0. The molecule has 0 spiro atoms. The molecule has 4 aromatic carbocycles. The summed E-state index contributed by atoms with van der Waals surface area (Å²) in [5, 5.41) is 24.8. The van der Waals surface area contributed by atoms with Gasteiger partial charge in [-0.3, -0.25) is 0 Å². The van der Waals surface area contributed by atoms with Gasteiger partial charge in [0.05, 0.1) is 11.1 Å². The van der Waals surface area contributed by atoms with Gasteiger partial charge in [-0.05, 0) is 24.3 Å². The van der Waals surface area contributed by atoms with Crippen molar-refractivity contribution in [1.82, 2.24) is 0 Å². The van der Waals surface area contributed by atoms with Crippen molar-refractivity contribution in [1.29, 1.82) is 0 Å². The van der Waals surface area contributed by atoms with Crippen molar-refractivity contribution >= 4 is 0 Å². The highest BCUT2D eigenvalue weighted by Crippen LogP contribution is 2.59. The van der Waals surface area contributed by atoms with E-state index < -0.39 is 11.2 Å². The molecule has 0 aliphatic heterocycles. The number of hydrogen-bond donors (Lipinski definition) is 2. The summed E-state index contributed by atoms with van der Waals surface area (Å²) in [6.07, 6.45) is 0. The summed E-state index contributed by atoms with van der Waals surface area (Å²) in [7, 11) is 0. The molecule has 2 N–H and O–H groups in total. The molecule has 2 bridgehead atoms. The van der Waals surface area contributed by atoms with E-state index in [4.69, 9.17) is 0 Å². The lowest BCUT2D eigenvalue weighted by Gasteiger charge is -2.50. The van der Waals surface area contributed by atoms with Crippen molar-refractivity contribution in [3.63, 3.8) is 0 Å². The molecule has 3 aliphatic rings. The van der Waals surface area contributed by atoms with Gasteiger partial charge in [0.15, 0.2) is 0 Å². The predicted octanol–water partition coefficient (Wildman–Crippen LogP) is 4.89. The summed E-state index contributed by atoms with van der Waals surface area (Å²) in [6.45, 7) is 0. The van der Waals surface area contributed by atoms with Gasteiger partial charge in [0.25, 0.3) is 0 Å². The Kier molecular flexibility index (Phi) is 4.54. The molecule has 0 atom stereocenters. The average molecular weight is 437 g/mol. The zero-order valence-electron chi connectivity index (χ0n) is 18.3. The summed E-state index contributed by atoms with van der Waals surface area (Å²) < 4.78 is 0. The first kappa shape index (κ1) is 20.3. The Morgan fingerprint density at radius 1 is 0.382 bits per heavy atom. The van der Waals surface area contributed by atoms with Gasteiger partial charge in [0.2, 0.25) is 0 Å². The summed E-state index contributed by atoms with van der Waals surface area (Å²) >= 11 is 0. The molecule has 0 unspecified atom stereocenters. The summed E-state index contributed by atoms with van der Waals surface area (Å²) in [5.41, 5.74) is 2.00. The molecule has 160 valence electrons. The van der Waals surface area contributed by atoms with Crippen LogP contribution in [0.15, 0.2) is 120 Å². The van der Waals surface area contributed by atoms with Gasteiger partial charge in [-0.25, -0.2) is 0 Å². The second-order valence-corrected chi connectivity index (χ2v) is 8.49. The molecule has 3 aliphatic carbocycles. The fraction of sp³-hybridized carbons (Fsp3) is 0.0625. The van der Waals surface area contributed by atoms with Crippen molar-refractivity contribution in [2.24, 2.45) is 0 Å². The first-order valence-electron chi connectivity index (χ1n) is 11.2. The molecular weight excluding hydrogens is 416 g/mol. The Labute approximate surface area is 198 Å². The Balaban J connectivity index is 1.69. The third kappa shape index (κ3) is 2.81. The Hall–Kier alpha value is -4.34. The van der Waals surface area contributed by atoms with Crippen molar-refractivity contribution in [2.45, 2.75) is 11.2 Å². The molecule has 0 saturated carbocycles. The molecule has 4 aromatic rings. The average Bonchev–Trinajstić information content (AvgIpc) is 2.90. The second kappa shape index (κ2) is 7.62. The van der Waals surface area contributed by atoms with E-state index in [1.165, 1.54) is 0 Å². The van der Waals surface area contributed by atoms with Crippen LogP contribution in [0.3, 0.4) is 0 Å². The summed E-state index contributed by atoms with van der Waals surface area (Å²) in [4.78, 5) is 0. The number of aliphatic hydroxyl groups is 2. The van der Waals surface area contributed by atoms with E-state index in [-0.39, 0.29) is 0 Å². The van der Waals surface area contributed by atoms with Crippen LogP contribution in [0.1, 0.15) is 33.4 Å². The molecule has 7 rings (SSSR count). The SMILES string of the molecule is OC12C(C#Cc3ccccc3)=C(C#Cc3ccccc3)C(O)(c3ccccc31)c1ccccc12. The monoisotopic (exact) mass is 436 g/mol. The maximum Gasteiger partial charge on any atom is 0.150 e. The van der Waals surface area contributed by atoms with Crippen LogP contribution in [-0.2, 0) is 11.2 Å². The van der Waals surface area contributed by atoms with E-state index in [2.05, 4.69) is 23.7 Å². The molecular formula is C32H20O2. The van der Waals surface area contributed by atoms with Crippen molar-refractivity contribution < 1.29 is 10.2 Å². The second-order valence-electron chi connectivity index (χ2n) is 8.49. The maximum atomic E-state index is 12.4. The van der Waals surface area contributed by atoms with Crippen LogP contribution in [0, 0.1) is 23.7 Å². The fourth-order valence-corrected chi connectivity index (χ4v) is 5.04. The van der Waals surface area contributed by atoms with E-state index >= 15 is 0 Å². The summed E-state index contributed by atoms with van der Waals surface area (Å²) in [5.74, 6) is 12.8. The normalized spacial score (nSPS) is 21.5. The van der Waals surface area contributed by atoms with Gasteiger partial charge in [-0.15, -0.1) is 0 Å². The Morgan fingerprint density at radius 3 is 1.00 bits per heavy atom. The lowest BCUT2D eigenvalue weighted by atomic mass is 9.56. The third-order valence-corrected chi connectivity index (χ3v) is 6.60. The van der Waals surface area contributed by atoms with E-state index in [0.29, 0.717) is 33.4 Å². The van der Waals surface area contributed by atoms with Crippen LogP contribution in [-0.4, -0.2) is 10.2 Å². The zero-order chi connectivity index (χ0) is 23.2. The molecule has 0 aromatic heterocycles. The van der Waals surface area contributed by atoms with Crippen LogP contribution in [0.5, 0.6) is 0 Å². The Morgan fingerprint density at radius 2 is 0.676 bits per heavy atom. The van der Waals surface area contributed by atoms with Gasteiger partial charge in [0.1, 0.15) is 11.2 Å². The zero-order valence-corrected chi connectivity index (χ0v) is 18.3. The molecule has 0 heterocycles. The van der Waals surface area contributed by atoms with Crippen LogP contribution < -0.4 is 0 Å². The van der Waals surface area contributed by atoms with Crippen molar-refractivity contribution in [3.8, 4) is 23.7 Å². The Bertz CT molecular complexity index is 1410. The molecule has 2 heteroatoms. The molecule has 34 heavy (non-hydrogen) atoms. The third-order valence-electron chi connectivity index (χ3n) is 6.60. The number of benzene rings is 4. The number of hydrogen-bond acceptors (Lipinski definition) is 2. The smallest absolute Gasteiger partial charge is 0.150 e. The van der Waals surface area contributed by atoms with Gasteiger partial charge in [-0.2, -0.15) is 0 Å². The largest absolute Gasteiger partial charge is 0.375 e. The lowest BCUT2D eigenvalue weighted by molar-refractivity contribution is 0.0528. The minimum atomic E-state index is -1.51. The predicted molar refractivity (Wildman–Crippen MR) is 133 cm³/mol. The molecule has 0 radical (unpaired) electrons. The summed E-state index contributed by atoms with van der Waals surface area (Å²) in [6, 6.07) is 34.2. The highest BCUT2D eigenvalue weighted by Gasteiger charge is 2.58. The van der Waals surface area contributed by atoms with Gasteiger partial charge in [-0.1, -0.05) is 109 Å². The van der Waals surface area contributed by atoms with Gasteiger partial charge >= 0.3 is 0 Å². The molecule has 2 nitrogen and oxygen atoms in total. The highest BCUT2D eigenvalue weighted by atomic mass is 16.3. The molecule has 0 fully saturated rings. The first-order chi connectivity index (χ1) is 16.6. The van der Waals surface area contributed by atoms with Crippen LogP contribution in [0.4, 0.5) is 0 Å². The fourth-order valence-electron chi connectivity index (χ4n) is 5.04. The van der Waals surface area contributed by atoms with E-state index in [0.717, 1.165) is 11.1 Å². The van der Waals surface area contributed by atoms with Gasteiger partial charge in [0, 0.05) is 33.4 Å². The topological polar surface area (TPSA) is 40.5 Å². The first-order valence-corrected chi connectivity index (χ1v) is 11.2. The van der Waals surface area contributed by atoms with E-state index in [1.807, 2.05) is 109 Å². The van der Waals surface area contributed by atoms with Gasteiger partial charge < -0.3 is 10.2 Å². The van der Waals surface area contributed by atoms with E-state index in [9.17, 15) is 10.2 Å². The van der Waals surface area contributed by atoms with Crippen LogP contribution in [0.25, 0.3) is 0 Å². The maximum absolute atomic E-state index is 12.4. The standard InChI is InChI=1S/C32H20O2/c33-31-25-15-7-9-17-27(25)32(34,28-18-10-8-16-26(28)31)30(22-20-24-13-5-2-6-14-24)29(31)21-19-23-11-3-1-4-12-23/h1-18,33-34H. The minimum absolute atomic E-state index is 0.416.